The van der Waals surface area contributed by atoms with Crippen molar-refractivity contribution >= 4 is 41.1 Å². The highest BCUT2D eigenvalue weighted by molar-refractivity contribution is 6.35. The van der Waals surface area contributed by atoms with Crippen LogP contribution in [-0.4, -0.2) is 78.5 Å². The molecular formula is C27H29Cl2FN4O4. The molecule has 1 fully saturated rings. The lowest BCUT2D eigenvalue weighted by Crippen LogP contribution is -2.56. The maximum atomic E-state index is 13.7. The van der Waals surface area contributed by atoms with Crippen molar-refractivity contribution in [3.8, 4) is 0 Å². The highest BCUT2D eigenvalue weighted by Crippen LogP contribution is 2.36. The summed E-state index contributed by atoms with van der Waals surface area (Å²) in [6.07, 6.45) is 0. The maximum absolute atomic E-state index is 13.7. The summed E-state index contributed by atoms with van der Waals surface area (Å²) in [4.78, 5) is 44.4. The smallest absolute Gasteiger partial charge is 0.338 e. The third kappa shape index (κ3) is 5.80. The van der Waals surface area contributed by atoms with Crippen molar-refractivity contribution in [3.05, 3.63) is 80.7 Å². The van der Waals surface area contributed by atoms with Gasteiger partial charge in [-0.2, -0.15) is 0 Å². The Hall–Kier alpha value is -3.14. The van der Waals surface area contributed by atoms with Crippen LogP contribution in [0.3, 0.4) is 0 Å². The zero-order chi connectivity index (χ0) is 27.6. The van der Waals surface area contributed by atoms with Crippen LogP contribution >= 0.6 is 23.2 Å². The summed E-state index contributed by atoms with van der Waals surface area (Å²) >= 11 is 12.5. The number of ether oxygens (including phenoxy) is 1. The topological polar surface area (TPSA) is 82.2 Å². The molecule has 202 valence electrons. The van der Waals surface area contributed by atoms with Crippen LogP contribution in [0.1, 0.15) is 35.8 Å². The van der Waals surface area contributed by atoms with Crippen molar-refractivity contribution in [1.82, 2.24) is 20.0 Å². The first-order chi connectivity index (χ1) is 18.1. The molecule has 3 amide bonds. The normalized spacial score (nSPS) is 20.4. The molecule has 2 aromatic carbocycles. The van der Waals surface area contributed by atoms with E-state index >= 15 is 0 Å². The first-order valence-corrected chi connectivity index (χ1v) is 13.0. The number of amides is 3. The van der Waals surface area contributed by atoms with Crippen LogP contribution in [0.15, 0.2) is 53.7 Å². The number of nitrogens with zero attached hydrogens (tertiary/aromatic N) is 3. The Morgan fingerprint density at radius 3 is 2.58 bits per heavy atom. The molecule has 2 atom stereocenters. The molecule has 2 aliphatic heterocycles. The van der Waals surface area contributed by atoms with Crippen molar-refractivity contribution < 1.29 is 23.5 Å². The van der Waals surface area contributed by atoms with Gasteiger partial charge in [-0.25, -0.2) is 14.0 Å². The predicted molar refractivity (Wildman–Crippen MR) is 142 cm³/mol. The number of halogens is 3. The summed E-state index contributed by atoms with van der Waals surface area (Å²) in [7, 11) is 1.59. The van der Waals surface area contributed by atoms with E-state index in [2.05, 4.69) is 10.2 Å². The van der Waals surface area contributed by atoms with E-state index in [0.29, 0.717) is 46.5 Å². The van der Waals surface area contributed by atoms with Crippen LogP contribution in [0.25, 0.3) is 0 Å². The summed E-state index contributed by atoms with van der Waals surface area (Å²) in [6.45, 7) is 5.44. The van der Waals surface area contributed by atoms with E-state index in [0.717, 1.165) is 0 Å². The number of rotatable bonds is 6. The number of esters is 1. The van der Waals surface area contributed by atoms with Gasteiger partial charge in [0.1, 0.15) is 5.82 Å². The molecule has 2 unspecified atom stereocenters. The molecule has 2 heterocycles. The molecule has 0 saturated carbocycles. The Kier molecular flexibility index (Phi) is 8.60. The van der Waals surface area contributed by atoms with Gasteiger partial charge in [0, 0.05) is 60.6 Å². The minimum absolute atomic E-state index is 0.159. The van der Waals surface area contributed by atoms with Crippen molar-refractivity contribution in [2.24, 2.45) is 0 Å². The van der Waals surface area contributed by atoms with E-state index < -0.39 is 23.9 Å². The quantitative estimate of drug-likeness (QED) is 0.524. The number of hydrogen-bond donors (Lipinski definition) is 1. The van der Waals surface area contributed by atoms with Gasteiger partial charge in [0.2, 0.25) is 0 Å². The number of carbonyl (C=O) groups is 3. The Bertz CT molecular complexity index is 1290. The van der Waals surface area contributed by atoms with Crippen LogP contribution < -0.4 is 5.32 Å². The molecule has 0 radical (unpaired) electrons. The largest absolute Gasteiger partial charge is 0.463 e. The first kappa shape index (κ1) is 27.9. The van der Waals surface area contributed by atoms with Crippen LogP contribution in [0.4, 0.5) is 9.18 Å². The number of nitrogens with one attached hydrogen (secondary N) is 1. The van der Waals surface area contributed by atoms with E-state index in [1.54, 1.807) is 43.1 Å². The zero-order valence-corrected chi connectivity index (χ0v) is 22.9. The molecule has 1 saturated heterocycles. The molecule has 2 aromatic rings. The third-order valence-electron chi connectivity index (χ3n) is 6.76. The Labute approximate surface area is 230 Å². The fraction of sp³-hybridized carbons (Fsp3) is 0.370. The van der Waals surface area contributed by atoms with Crippen molar-refractivity contribution in [2.75, 3.05) is 39.8 Å². The molecule has 38 heavy (non-hydrogen) atoms. The standard InChI is InChI=1S/C27H29Cl2FN4O4/c1-4-38-26(36)23-22(32(3)27(37)31-24(23)20-9-8-18(28)13-21(20)29)15-33-10-11-34(16(2)14-33)25(35)17-6-5-7-19(30)12-17/h5-9,12-13,16,24H,4,10-11,14-15H2,1-3H3,(H,31,37). The summed E-state index contributed by atoms with van der Waals surface area (Å²) < 4.78 is 19.0. The molecule has 0 aromatic heterocycles. The SMILES string of the molecule is CCOC(=O)C1=C(CN2CCN(C(=O)c3cccc(F)c3)C(C)C2)N(C)C(=O)NC1c1ccc(Cl)cc1Cl. The Morgan fingerprint density at radius 1 is 1.16 bits per heavy atom. The van der Waals surface area contributed by atoms with Gasteiger partial charge in [-0.1, -0.05) is 35.3 Å². The molecule has 8 nitrogen and oxygen atoms in total. The Morgan fingerprint density at radius 2 is 1.92 bits per heavy atom. The molecule has 11 heteroatoms. The minimum atomic E-state index is -0.828. The van der Waals surface area contributed by atoms with E-state index in [9.17, 15) is 18.8 Å². The summed E-state index contributed by atoms with van der Waals surface area (Å²) in [5.74, 6) is -1.26. The second-order valence-corrected chi connectivity index (χ2v) is 10.1. The predicted octanol–water partition coefficient (Wildman–Crippen LogP) is 4.49. The monoisotopic (exact) mass is 562 g/mol. The first-order valence-electron chi connectivity index (χ1n) is 12.3. The minimum Gasteiger partial charge on any atom is -0.463 e. The molecule has 1 N–H and O–H groups in total. The summed E-state index contributed by atoms with van der Waals surface area (Å²) in [6, 6.07) is 9.12. The third-order valence-corrected chi connectivity index (χ3v) is 7.33. The fourth-order valence-corrected chi connectivity index (χ4v) is 5.36. The van der Waals surface area contributed by atoms with Crippen molar-refractivity contribution in [1.29, 1.82) is 0 Å². The van der Waals surface area contributed by atoms with Crippen LogP contribution in [0, 0.1) is 5.82 Å². The average molecular weight is 563 g/mol. The maximum Gasteiger partial charge on any atom is 0.338 e. The van der Waals surface area contributed by atoms with E-state index in [1.165, 1.54) is 23.1 Å². The van der Waals surface area contributed by atoms with Gasteiger partial charge in [-0.05, 0) is 49.7 Å². The second-order valence-electron chi connectivity index (χ2n) is 9.28. The van der Waals surface area contributed by atoms with Gasteiger partial charge in [0.25, 0.3) is 5.91 Å². The lowest BCUT2D eigenvalue weighted by Gasteiger charge is -2.42. The zero-order valence-electron chi connectivity index (χ0n) is 21.3. The molecule has 0 aliphatic carbocycles. The van der Waals surface area contributed by atoms with Crippen LogP contribution in [0.2, 0.25) is 10.0 Å². The van der Waals surface area contributed by atoms with Crippen LogP contribution in [0.5, 0.6) is 0 Å². The summed E-state index contributed by atoms with van der Waals surface area (Å²) in [5, 5.41) is 3.59. The van der Waals surface area contributed by atoms with Crippen molar-refractivity contribution in [2.45, 2.75) is 25.9 Å². The molecule has 2 aliphatic rings. The molecular weight excluding hydrogens is 534 g/mol. The number of urea groups is 1. The number of hydrogen-bond acceptors (Lipinski definition) is 5. The van der Waals surface area contributed by atoms with E-state index in [-0.39, 0.29) is 30.7 Å². The highest BCUT2D eigenvalue weighted by Gasteiger charge is 2.39. The molecule has 0 bridgehead atoms. The van der Waals surface area contributed by atoms with Gasteiger partial charge in [0.05, 0.1) is 18.2 Å². The Balaban J connectivity index is 1.62. The average Bonchev–Trinajstić information content (AvgIpc) is 2.86. The van der Waals surface area contributed by atoms with E-state index in [4.69, 9.17) is 27.9 Å². The number of benzene rings is 2. The van der Waals surface area contributed by atoms with Gasteiger partial charge in [0.15, 0.2) is 0 Å². The second kappa shape index (κ2) is 11.7. The van der Waals surface area contributed by atoms with Gasteiger partial charge in [-0.15, -0.1) is 0 Å². The molecule has 0 spiro atoms. The number of carbonyl (C=O) groups excluding carboxylic acids is 3. The highest BCUT2D eigenvalue weighted by atomic mass is 35.5. The lowest BCUT2D eigenvalue weighted by molar-refractivity contribution is -0.139. The summed E-state index contributed by atoms with van der Waals surface area (Å²) in [5.41, 5.74) is 1.59. The van der Waals surface area contributed by atoms with Gasteiger partial charge in [-0.3, -0.25) is 14.6 Å². The van der Waals surface area contributed by atoms with E-state index in [1.807, 2.05) is 6.92 Å². The molecule has 4 rings (SSSR count). The van der Waals surface area contributed by atoms with Crippen molar-refractivity contribution in [3.63, 3.8) is 0 Å². The van der Waals surface area contributed by atoms with Gasteiger partial charge < -0.3 is 15.0 Å². The van der Waals surface area contributed by atoms with Gasteiger partial charge >= 0.3 is 12.0 Å². The number of likely N-dealkylation sites (N-methyl/N-ethyl adjacent to an activating group) is 1. The fourth-order valence-electron chi connectivity index (χ4n) is 4.84. The van der Waals surface area contributed by atoms with Crippen LogP contribution in [-0.2, 0) is 9.53 Å². The number of piperazine rings is 1. The lowest BCUT2D eigenvalue weighted by atomic mass is 9.94.